The van der Waals surface area contributed by atoms with Gasteiger partial charge in [0.1, 0.15) is 0 Å². The van der Waals surface area contributed by atoms with Crippen LogP contribution in [-0.4, -0.2) is 27.3 Å². The van der Waals surface area contributed by atoms with Crippen LogP contribution in [0.1, 0.15) is 11.8 Å². The molecule has 5 nitrogen and oxygen atoms in total. The molecule has 0 heterocycles. The molecule has 84 valence electrons. The first-order chi connectivity index (χ1) is 7.13. The largest absolute Gasteiger partial charge is 1.00 e. The molecule has 0 unspecified atom stereocenters. The molecule has 0 amide bonds. The number of methoxy groups -OCH3 is 3. The van der Waals surface area contributed by atoms with E-state index in [-0.39, 0.29) is 48.0 Å². The zero-order valence-electron chi connectivity index (χ0n) is 9.70. The van der Waals surface area contributed by atoms with Gasteiger partial charge >= 0.3 is 29.6 Å². The van der Waals surface area contributed by atoms with Crippen LogP contribution in [0, 0.1) is 0 Å². The summed E-state index contributed by atoms with van der Waals surface area (Å²) in [5.74, 6) is -0.369. The fourth-order valence-electron chi connectivity index (χ4n) is 1.20. The number of ether oxygens (including phenoxy) is 3. The predicted molar refractivity (Wildman–Crippen MR) is 52.5 cm³/mol. The fourth-order valence-corrected chi connectivity index (χ4v) is 1.20. The molecule has 0 spiro atoms. The quantitative estimate of drug-likeness (QED) is 0.533. The van der Waals surface area contributed by atoms with Gasteiger partial charge in [0.2, 0.25) is 5.75 Å². The van der Waals surface area contributed by atoms with Crippen molar-refractivity contribution in [1.82, 2.24) is 0 Å². The summed E-state index contributed by atoms with van der Waals surface area (Å²) in [6, 6.07) is 2.63. The van der Waals surface area contributed by atoms with Crippen LogP contribution in [0.3, 0.4) is 0 Å². The van der Waals surface area contributed by atoms with Crippen molar-refractivity contribution in [2.75, 3.05) is 21.3 Å². The second-order valence-corrected chi connectivity index (χ2v) is 2.70. The van der Waals surface area contributed by atoms with Crippen LogP contribution < -0.4 is 48.9 Å². The minimum Gasteiger partial charge on any atom is -0.545 e. The van der Waals surface area contributed by atoms with E-state index in [9.17, 15) is 9.90 Å². The fraction of sp³-hybridized carbons (Fsp3) is 0.300. The van der Waals surface area contributed by atoms with Crippen molar-refractivity contribution in [2.24, 2.45) is 0 Å². The van der Waals surface area contributed by atoms with Gasteiger partial charge in [-0.15, -0.1) is 0 Å². The van der Waals surface area contributed by atoms with Crippen LogP contribution in [0.25, 0.3) is 0 Å². The average Bonchev–Trinajstić information content (AvgIpc) is 2.26. The van der Waals surface area contributed by atoms with Gasteiger partial charge < -0.3 is 24.1 Å². The summed E-state index contributed by atoms with van der Waals surface area (Å²) in [6.07, 6.45) is 0. The molecule has 0 atom stereocenters. The number of carbonyl (C=O) groups excluding carboxylic acids is 1. The first-order valence-electron chi connectivity index (χ1n) is 4.15. The van der Waals surface area contributed by atoms with Crippen molar-refractivity contribution < 1.29 is 55.1 Å². The summed E-state index contributed by atoms with van der Waals surface area (Å²) in [6.45, 7) is 0. The van der Waals surface area contributed by atoms with E-state index in [1.165, 1.54) is 33.5 Å². The SMILES string of the molecule is COc1cc(C(=O)[O-])cc(OC)c1OC.[HH].[Na+]. The van der Waals surface area contributed by atoms with E-state index in [2.05, 4.69) is 0 Å². The number of hydrogen-bond donors (Lipinski definition) is 0. The summed E-state index contributed by atoms with van der Waals surface area (Å²) in [5, 5.41) is 10.7. The molecule has 0 radical (unpaired) electrons. The first kappa shape index (κ1) is 15.1. The van der Waals surface area contributed by atoms with Gasteiger partial charge in [0, 0.05) is 6.99 Å². The number of carbonyl (C=O) groups is 1. The minimum absolute atomic E-state index is 0. The molecule has 0 aromatic heterocycles. The van der Waals surface area contributed by atoms with Crippen molar-refractivity contribution in [2.45, 2.75) is 0 Å². The van der Waals surface area contributed by atoms with Crippen LogP contribution in [0.4, 0.5) is 0 Å². The maximum Gasteiger partial charge on any atom is 1.00 e. The van der Waals surface area contributed by atoms with Crippen LogP contribution in [-0.2, 0) is 0 Å². The monoisotopic (exact) mass is 236 g/mol. The third-order valence-corrected chi connectivity index (χ3v) is 1.90. The Labute approximate surface area is 117 Å². The third kappa shape index (κ3) is 3.04. The van der Waals surface area contributed by atoms with Gasteiger partial charge in [-0.3, -0.25) is 0 Å². The molecule has 0 aliphatic rings. The number of benzene rings is 1. The molecule has 0 bridgehead atoms. The number of hydrogen-bond acceptors (Lipinski definition) is 5. The molecule has 0 N–H and O–H groups in total. The van der Waals surface area contributed by atoms with Gasteiger partial charge in [-0.2, -0.15) is 0 Å². The molecular formula is C10H13NaO5. The zero-order chi connectivity index (χ0) is 11.4. The number of carboxylic acid groups (broad SMARTS) is 1. The van der Waals surface area contributed by atoms with Gasteiger partial charge in [-0.25, -0.2) is 0 Å². The Balaban J connectivity index is 0. The van der Waals surface area contributed by atoms with Crippen molar-refractivity contribution in [1.29, 1.82) is 0 Å². The Morgan fingerprint density at radius 3 is 1.81 bits per heavy atom. The second kappa shape index (κ2) is 6.62. The third-order valence-electron chi connectivity index (χ3n) is 1.90. The summed E-state index contributed by atoms with van der Waals surface area (Å²) in [4.78, 5) is 10.7. The smallest absolute Gasteiger partial charge is 0.545 e. The molecule has 1 rings (SSSR count). The summed E-state index contributed by atoms with van der Waals surface area (Å²) >= 11 is 0. The van der Waals surface area contributed by atoms with E-state index in [0.717, 1.165) is 0 Å². The van der Waals surface area contributed by atoms with Crippen molar-refractivity contribution >= 4 is 5.97 Å². The summed E-state index contributed by atoms with van der Waals surface area (Å²) in [7, 11) is 4.27. The number of aromatic carboxylic acids is 1. The van der Waals surface area contributed by atoms with Crippen LogP contribution in [0.2, 0.25) is 0 Å². The van der Waals surface area contributed by atoms with E-state index in [1.807, 2.05) is 0 Å². The Morgan fingerprint density at radius 1 is 1.12 bits per heavy atom. The van der Waals surface area contributed by atoms with Gasteiger partial charge in [-0.1, -0.05) is 0 Å². The van der Waals surface area contributed by atoms with Gasteiger partial charge in [-0.05, 0) is 12.1 Å². The molecule has 1 aromatic rings. The standard InChI is InChI=1S/C10H12O5.Na.H2/c1-13-7-4-6(10(11)12)5-8(14-2)9(7)15-3;;/h4-5H,1-3H3,(H,11,12);;1H/q;+1;/p-1. The minimum atomic E-state index is -1.30. The summed E-state index contributed by atoms with van der Waals surface area (Å²) in [5.41, 5.74) is -0.0236. The molecular weight excluding hydrogens is 223 g/mol. The Kier molecular flexibility index (Phi) is 6.25. The first-order valence-corrected chi connectivity index (χ1v) is 4.15. The van der Waals surface area contributed by atoms with Gasteiger partial charge in [0.15, 0.2) is 11.5 Å². The van der Waals surface area contributed by atoms with E-state index in [1.54, 1.807) is 0 Å². The molecule has 6 heteroatoms. The normalized spacial score (nSPS) is 8.94. The second-order valence-electron chi connectivity index (χ2n) is 2.70. The predicted octanol–water partition coefficient (Wildman–Crippen LogP) is -2.67. The molecule has 0 aliphatic carbocycles. The van der Waals surface area contributed by atoms with Crippen LogP contribution in [0.5, 0.6) is 17.2 Å². The average molecular weight is 236 g/mol. The van der Waals surface area contributed by atoms with E-state index < -0.39 is 5.97 Å². The number of rotatable bonds is 4. The van der Waals surface area contributed by atoms with E-state index in [0.29, 0.717) is 5.75 Å². The molecule has 0 saturated heterocycles. The molecule has 0 aliphatic heterocycles. The molecule has 0 fully saturated rings. The van der Waals surface area contributed by atoms with E-state index >= 15 is 0 Å². The van der Waals surface area contributed by atoms with Gasteiger partial charge in [0.25, 0.3) is 0 Å². The topological polar surface area (TPSA) is 67.8 Å². The molecule has 0 saturated carbocycles. The van der Waals surface area contributed by atoms with Crippen molar-refractivity contribution in [3.05, 3.63) is 17.7 Å². The van der Waals surface area contributed by atoms with Crippen molar-refractivity contribution in [3.8, 4) is 17.2 Å². The molecule has 16 heavy (non-hydrogen) atoms. The Morgan fingerprint density at radius 2 is 1.56 bits per heavy atom. The van der Waals surface area contributed by atoms with Crippen molar-refractivity contribution in [3.63, 3.8) is 0 Å². The van der Waals surface area contributed by atoms with Crippen LogP contribution >= 0.6 is 0 Å². The Bertz CT molecular complexity index is 358. The maximum atomic E-state index is 10.7. The Hall–Kier alpha value is -0.910. The maximum absolute atomic E-state index is 10.7. The summed E-state index contributed by atoms with van der Waals surface area (Å²) < 4.78 is 15.0. The number of carboxylic acids is 1. The van der Waals surface area contributed by atoms with Crippen LogP contribution in [0.15, 0.2) is 12.1 Å². The van der Waals surface area contributed by atoms with Gasteiger partial charge in [0.05, 0.1) is 27.3 Å². The molecule has 1 aromatic carbocycles. The van der Waals surface area contributed by atoms with E-state index in [4.69, 9.17) is 14.2 Å². The zero-order valence-corrected chi connectivity index (χ0v) is 11.7.